The number of primary amides is 1. The van der Waals surface area contributed by atoms with Gasteiger partial charge < -0.3 is 5.73 Å². The van der Waals surface area contributed by atoms with Crippen molar-refractivity contribution in [3.63, 3.8) is 0 Å². The third-order valence-corrected chi connectivity index (χ3v) is 8.48. The molecule has 2 heterocycles. The minimum absolute atomic E-state index is 0.284. The predicted octanol–water partition coefficient (Wildman–Crippen LogP) is 2.85. The van der Waals surface area contributed by atoms with Crippen molar-refractivity contribution in [2.45, 2.75) is 42.5 Å². The second-order valence-electron chi connectivity index (χ2n) is 8.24. The molecular weight excluding hydrogens is 398 g/mol. The van der Waals surface area contributed by atoms with Gasteiger partial charge in [0.05, 0.1) is 4.90 Å². The maximum Gasteiger partial charge on any atom is 0.243 e. The zero-order chi connectivity index (χ0) is 21.2. The van der Waals surface area contributed by atoms with E-state index >= 15 is 0 Å². The van der Waals surface area contributed by atoms with Crippen molar-refractivity contribution in [2.24, 2.45) is 5.73 Å². The van der Waals surface area contributed by atoms with Crippen LogP contribution >= 0.6 is 0 Å². The summed E-state index contributed by atoms with van der Waals surface area (Å²) in [5.41, 5.74) is 7.13. The van der Waals surface area contributed by atoms with Crippen LogP contribution in [0.15, 0.2) is 59.5 Å². The van der Waals surface area contributed by atoms with E-state index in [1.54, 1.807) is 12.1 Å². The first-order chi connectivity index (χ1) is 14.4. The Morgan fingerprint density at radius 1 is 0.800 bits per heavy atom. The van der Waals surface area contributed by atoms with Crippen LogP contribution in [0.5, 0.6) is 0 Å². The summed E-state index contributed by atoms with van der Waals surface area (Å²) in [5, 5.41) is 0. The van der Waals surface area contributed by atoms with Gasteiger partial charge >= 0.3 is 0 Å². The fourth-order valence-corrected chi connectivity index (χ4v) is 6.18. The van der Waals surface area contributed by atoms with Crippen LogP contribution in [0.1, 0.15) is 32.1 Å². The molecule has 160 valence electrons. The Kier molecular flexibility index (Phi) is 5.95. The fourth-order valence-electron chi connectivity index (χ4n) is 4.74. The Morgan fingerprint density at radius 3 is 1.93 bits per heavy atom. The minimum atomic E-state index is -3.60. The molecule has 1 amide bonds. The summed E-state index contributed by atoms with van der Waals surface area (Å²) in [6, 6.07) is 16.9. The van der Waals surface area contributed by atoms with Crippen molar-refractivity contribution in [3.05, 3.63) is 54.6 Å². The van der Waals surface area contributed by atoms with Crippen molar-refractivity contribution in [2.75, 3.05) is 26.2 Å². The topological polar surface area (TPSA) is 83.7 Å². The Bertz CT molecular complexity index is 976. The van der Waals surface area contributed by atoms with E-state index in [0.29, 0.717) is 25.9 Å². The van der Waals surface area contributed by atoms with Gasteiger partial charge in [0.15, 0.2) is 0 Å². The number of amides is 1. The molecule has 2 saturated heterocycles. The van der Waals surface area contributed by atoms with Gasteiger partial charge in [0.1, 0.15) is 5.54 Å². The van der Waals surface area contributed by atoms with E-state index in [1.165, 1.54) is 10.7 Å². The first-order valence-corrected chi connectivity index (χ1v) is 12.1. The maximum atomic E-state index is 13.2. The lowest BCUT2D eigenvalue weighted by Crippen LogP contribution is -2.63. The van der Waals surface area contributed by atoms with Gasteiger partial charge in [-0.15, -0.1) is 0 Å². The maximum absolute atomic E-state index is 13.2. The van der Waals surface area contributed by atoms with Crippen molar-refractivity contribution in [1.82, 2.24) is 9.21 Å². The highest BCUT2D eigenvalue weighted by molar-refractivity contribution is 7.89. The number of carbonyl (C=O) groups excluding carboxylic acids is 1. The molecule has 2 aliphatic heterocycles. The van der Waals surface area contributed by atoms with Crippen LogP contribution in [0.2, 0.25) is 0 Å². The normalized spacial score (nSPS) is 20.7. The third kappa shape index (κ3) is 3.89. The molecule has 0 atom stereocenters. The molecule has 0 bridgehead atoms. The van der Waals surface area contributed by atoms with Crippen LogP contribution < -0.4 is 5.73 Å². The van der Waals surface area contributed by atoms with Gasteiger partial charge in [-0.3, -0.25) is 9.69 Å². The molecule has 2 fully saturated rings. The van der Waals surface area contributed by atoms with E-state index in [0.717, 1.165) is 37.1 Å². The highest BCUT2D eigenvalue weighted by Crippen LogP contribution is 2.34. The molecule has 30 heavy (non-hydrogen) atoms. The highest BCUT2D eigenvalue weighted by atomic mass is 32.2. The van der Waals surface area contributed by atoms with E-state index in [4.69, 9.17) is 5.73 Å². The van der Waals surface area contributed by atoms with Crippen LogP contribution in [0.25, 0.3) is 11.1 Å². The summed E-state index contributed by atoms with van der Waals surface area (Å²) in [5.74, 6) is -0.325. The van der Waals surface area contributed by atoms with Gasteiger partial charge in [0.2, 0.25) is 15.9 Å². The highest BCUT2D eigenvalue weighted by Gasteiger charge is 2.47. The molecule has 0 aliphatic carbocycles. The summed E-state index contributed by atoms with van der Waals surface area (Å²) >= 11 is 0. The lowest BCUT2D eigenvalue weighted by atomic mass is 9.84. The first-order valence-electron chi connectivity index (χ1n) is 10.6. The number of hydrogen-bond acceptors (Lipinski definition) is 4. The number of piperidine rings is 2. The molecular formula is C23H29N3O3S. The SMILES string of the molecule is NC(=O)C1(N2CCCCC2)CCN(S(=O)(=O)c2ccc(-c3ccccc3)cc2)CC1. The summed E-state index contributed by atoms with van der Waals surface area (Å²) in [4.78, 5) is 14.9. The van der Waals surface area contributed by atoms with Crippen LogP contribution in [0, 0.1) is 0 Å². The van der Waals surface area contributed by atoms with Crippen LogP contribution in [-0.2, 0) is 14.8 Å². The summed E-state index contributed by atoms with van der Waals surface area (Å²) in [6.45, 7) is 2.33. The Labute approximate surface area is 178 Å². The van der Waals surface area contributed by atoms with Gasteiger partial charge in [0, 0.05) is 13.1 Å². The molecule has 2 aromatic carbocycles. The van der Waals surface area contributed by atoms with Crippen molar-refractivity contribution in [1.29, 1.82) is 0 Å². The second kappa shape index (κ2) is 8.49. The zero-order valence-corrected chi connectivity index (χ0v) is 18.0. The van der Waals surface area contributed by atoms with E-state index in [9.17, 15) is 13.2 Å². The third-order valence-electron chi connectivity index (χ3n) is 6.57. The van der Waals surface area contributed by atoms with E-state index in [-0.39, 0.29) is 10.8 Å². The van der Waals surface area contributed by atoms with Crippen LogP contribution in [0.3, 0.4) is 0 Å². The number of rotatable bonds is 5. The lowest BCUT2D eigenvalue weighted by molar-refractivity contribution is -0.134. The minimum Gasteiger partial charge on any atom is -0.368 e. The number of sulfonamides is 1. The molecule has 0 radical (unpaired) electrons. The molecule has 2 N–H and O–H groups in total. The van der Waals surface area contributed by atoms with Crippen molar-refractivity contribution in [3.8, 4) is 11.1 Å². The smallest absolute Gasteiger partial charge is 0.243 e. The second-order valence-corrected chi connectivity index (χ2v) is 10.2. The number of nitrogens with two attached hydrogens (primary N) is 1. The molecule has 6 nitrogen and oxygen atoms in total. The summed E-state index contributed by atoms with van der Waals surface area (Å²) < 4.78 is 27.9. The number of hydrogen-bond donors (Lipinski definition) is 1. The molecule has 2 aromatic rings. The van der Waals surface area contributed by atoms with Crippen LogP contribution in [-0.4, -0.2) is 55.2 Å². The number of likely N-dealkylation sites (tertiary alicyclic amines) is 1. The summed E-state index contributed by atoms with van der Waals surface area (Å²) in [6.07, 6.45) is 4.19. The van der Waals surface area contributed by atoms with Gasteiger partial charge in [-0.1, -0.05) is 48.9 Å². The Balaban J connectivity index is 1.50. The quantitative estimate of drug-likeness (QED) is 0.795. The molecule has 0 saturated carbocycles. The average Bonchev–Trinajstić information content (AvgIpc) is 2.80. The fraction of sp³-hybridized carbons (Fsp3) is 0.435. The molecule has 2 aliphatic rings. The molecule has 0 unspecified atom stereocenters. The first kappa shape index (κ1) is 21.0. The van der Waals surface area contributed by atoms with Crippen molar-refractivity contribution < 1.29 is 13.2 Å². The van der Waals surface area contributed by atoms with Crippen LogP contribution in [0.4, 0.5) is 0 Å². The molecule has 0 spiro atoms. The van der Waals surface area contributed by atoms with E-state index < -0.39 is 15.6 Å². The van der Waals surface area contributed by atoms with E-state index in [1.807, 2.05) is 42.5 Å². The zero-order valence-electron chi connectivity index (χ0n) is 17.2. The van der Waals surface area contributed by atoms with E-state index in [2.05, 4.69) is 4.90 Å². The predicted molar refractivity (Wildman–Crippen MR) is 117 cm³/mol. The number of nitrogens with zero attached hydrogens (tertiary/aromatic N) is 2. The van der Waals surface area contributed by atoms with Gasteiger partial charge in [-0.2, -0.15) is 4.31 Å². The van der Waals surface area contributed by atoms with Gasteiger partial charge in [-0.25, -0.2) is 8.42 Å². The number of carbonyl (C=O) groups is 1. The molecule has 4 rings (SSSR count). The average molecular weight is 428 g/mol. The monoisotopic (exact) mass is 427 g/mol. The van der Waals surface area contributed by atoms with Crippen molar-refractivity contribution >= 4 is 15.9 Å². The standard InChI is InChI=1S/C23H29N3O3S/c24-22(27)23(25-15-5-2-6-16-25)13-17-26(18-14-23)30(28,29)21-11-9-20(10-12-21)19-7-3-1-4-8-19/h1,3-4,7-12H,2,5-6,13-18H2,(H2,24,27). The van der Waals surface area contributed by atoms with Gasteiger partial charge in [-0.05, 0) is 62.0 Å². The Hall–Kier alpha value is -2.22. The lowest BCUT2D eigenvalue weighted by Gasteiger charge is -2.47. The molecule has 0 aromatic heterocycles. The molecule has 7 heteroatoms. The summed E-state index contributed by atoms with van der Waals surface area (Å²) in [7, 11) is -3.60. The Morgan fingerprint density at radius 2 is 1.37 bits per heavy atom. The van der Waals surface area contributed by atoms with Gasteiger partial charge in [0.25, 0.3) is 0 Å². The largest absolute Gasteiger partial charge is 0.368 e. The number of benzene rings is 2.